The molecule has 0 saturated carbocycles. The predicted octanol–water partition coefficient (Wildman–Crippen LogP) is 4.14. The molecule has 0 spiro atoms. The molecule has 120 valence electrons. The smallest absolute Gasteiger partial charge is 0.267 e. The Kier molecular flexibility index (Phi) is 5.04. The van der Waals surface area contributed by atoms with Crippen molar-refractivity contribution in [3.05, 3.63) is 89.5 Å². The molecule has 3 aromatic carbocycles. The number of aryl methyl sites for hydroxylation is 2. The van der Waals surface area contributed by atoms with E-state index in [4.69, 9.17) is 5.21 Å². The second kappa shape index (κ2) is 7.57. The maximum Gasteiger partial charge on any atom is 0.267 e. The van der Waals surface area contributed by atoms with Gasteiger partial charge in [-0.2, -0.15) is 0 Å². The number of amides is 1. The van der Waals surface area contributed by atoms with E-state index in [1.165, 1.54) is 28.0 Å². The Morgan fingerprint density at radius 3 is 2.62 bits per heavy atom. The average Bonchev–Trinajstić information content (AvgIpc) is 2.64. The maximum absolute atomic E-state index is 11.1. The zero-order chi connectivity index (χ0) is 16.8. The number of benzene rings is 3. The molecule has 0 atom stereocenters. The van der Waals surface area contributed by atoms with Crippen molar-refractivity contribution in [3.63, 3.8) is 0 Å². The summed E-state index contributed by atoms with van der Waals surface area (Å²) in [6.07, 6.45) is 4.89. The third-order valence-electron chi connectivity index (χ3n) is 4.05. The molecular weight excluding hydrogens is 298 g/mol. The molecule has 3 nitrogen and oxygen atoms in total. The van der Waals surface area contributed by atoms with E-state index in [1.54, 1.807) is 11.6 Å². The van der Waals surface area contributed by atoms with Crippen LogP contribution >= 0.6 is 0 Å². The minimum absolute atomic E-state index is 0.531. The summed E-state index contributed by atoms with van der Waals surface area (Å²) in [5.41, 5.74) is 5.09. The lowest BCUT2D eigenvalue weighted by molar-refractivity contribution is -0.124. The lowest BCUT2D eigenvalue weighted by Gasteiger charge is -2.07. The highest BCUT2D eigenvalue weighted by Crippen LogP contribution is 2.20. The van der Waals surface area contributed by atoms with Crippen molar-refractivity contribution >= 4 is 22.8 Å². The minimum Gasteiger partial charge on any atom is -0.288 e. The number of hydroxylamine groups is 1. The summed E-state index contributed by atoms with van der Waals surface area (Å²) < 4.78 is 0. The highest BCUT2D eigenvalue weighted by molar-refractivity contribution is 5.90. The number of hydrogen-bond donors (Lipinski definition) is 2. The number of nitrogens with one attached hydrogen (secondary N) is 1. The van der Waals surface area contributed by atoms with Gasteiger partial charge in [-0.3, -0.25) is 10.0 Å². The van der Waals surface area contributed by atoms with E-state index in [9.17, 15) is 4.79 Å². The van der Waals surface area contributed by atoms with Crippen LogP contribution in [0.2, 0.25) is 0 Å². The SMILES string of the molecule is O=C(/C=C/c1cccc(CCc2cccc3ccccc23)c1)NO. The van der Waals surface area contributed by atoms with Crippen molar-refractivity contribution in [3.8, 4) is 0 Å². The van der Waals surface area contributed by atoms with E-state index in [-0.39, 0.29) is 0 Å². The molecule has 0 aliphatic heterocycles. The summed E-state index contributed by atoms with van der Waals surface area (Å²) in [5, 5.41) is 11.1. The molecule has 3 aromatic rings. The lowest BCUT2D eigenvalue weighted by atomic mass is 9.98. The number of carbonyl (C=O) groups is 1. The van der Waals surface area contributed by atoms with Gasteiger partial charge in [-0.15, -0.1) is 0 Å². The summed E-state index contributed by atoms with van der Waals surface area (Å²) in [5.74, 6) is -0.531. The summed E-state index contributed by atoms with van der Waals surface area (Å²) in [6.45, 7) is 0. The van der Waals surface area contributed by atoms with Crippen LogP contribution < -0.4 is 5.48 Å². The van der Waals surface area contributed by atoms with Crippen molar-refractivity contribution in [2.24, 2.45) is 0 Å². The van der Waals surface area contributed by atoms with Crippen LogP contribution in [0.4, 0.5) is 0 Å². The second-order valence-electron chi connectivity index (χ2n) is 5.69. The van der Waals surface area contributed by atoms with Crippen LogP contribution in [0.3, 0.4) is 0 Å². The number of carbonyl (C=O) groups excluding carboxylic acids is 1. The van der Waals surface area contributed by atoms with E-state index in [1.807, 2.05) is 12.1 Å². The molecule has 0 aliphatic rings. The van der Waals surface area contributed by atoms with E-state index in [2.05, 4.69) is 54.6 Å². The van der Waals surface area contributed by atoms with Gasteiger partial charge in [0, 0.05) is 6.08 Å². The first-order chi connectivity index (χ1) is 11.8. The van der Waals surface area contributed by atoms with Crippen LogP contribution in [-0.2, 0) is 17.6 Å². The Balaban J connectivity index is 1.74. The molecule has 0 aromatic heterocycles. The molecule has 0 aliphatic carbocycles. The number of rotatable bonds is 5. The van der Waals surface area contributed by atoms with E-state index in [0.29, 0.717) is 0 Å². The van der Waals surface area contributed by atoms with Crippen LogP contribution in [0.25, 0.3) is 16.8 Å². The Morgan fingerprint density at radius 1 is 0.958 bits per heavy atom. The molecule has 0 radical (unpaired) electrons. The summed E-state index contributed by atoms with van der Waals surface area (Å²) in [4.78, 5) is 11.1. The van der Waals surface area contributed by atoms with E-state index < -0.39 is 5.91 Å². The fourth-order valence-electron chi connectivity index (χ4n) is 2.85. The van der Waals surface area contributed by atoms with Gasteiger partial charge in [-0.05, 0) is 46.4 Å². The Hall–Kier alpha value is -2.91. The van der Waals surface area contributed by atoms with E-state index in [0.717, 1.165) is 18.4 Å². The molecular formula is C21H19NO2. The molecule has 0 heterocycles. The number of hydrogen-bond acceptors (Lipinski definition) is 2. The predicted molar refractivity (Wildman–Crippen MR) is 96.8 cm³/mol. The number of fused-ring (bicyclic) bond motifs is 1. The molecule has 0 unspecified atom stereocenters. The zero-order valence-electron chi connectivity index (χ0n) is 13.3. The molecule has 0 saturated heterocycles. The lowest BCUT2D eigenvalue weighted by Crippen LogP contribution is -2.14. The Morgan fingerprint density at radius 2 is 1.75 bits per heavy atom. The molecule has 0 bridgehead atoms. The van der Waals surface area contributed by atoms with Gasteiger partial charge in [0.2, 0.25) is 0 Å². The molecule has 3 rings (SSSR count). The largest absolute Gasteiger partial charge is 0.288 e. The second-order valence-corrected chi connectivity index (χ2v) is 5.69. The van der Waals surface area contributed by atoms with Gasteiger partial charge >= 0.3 is 0 Å². The standard InChI is InChI=1S/C21H19NO2/c23-21(22-24)14-12-17-6-3-5-16(15-17)11-13-19-9-4-8-18-7-1-2-10-20(18)19/h1-10,12,14-15,24H,11,13H2,(H,22,23)/b14-12+. The highest BCUT2D eigenvalue weighted by atomic mass is 16.5. The Labute approximate surface area is 141 Å². The van der Waals surface area contributed by atoms with Gasteiger partial charge in [0.1, 0.15) is 0 Å². The first-order valence-corrected chi connectivity index (χ1v) is 7.94. The van der Waals surface area contributed by atoms with Crippen molar-refractivity contribution in [2.45, 2.75) is 12.8 Å². The molecule has 0 fully saturated rings. The molecule has 3 heteroatoms. The molecule has 2 N–H and O–H groups in total. The molecule has 1 amide bonds. The van der Waals surface area contributed by atoms with Crippen LogP contribution in [0.15, 0.2) is 72.8 Å². The van der Waals surface area contributed by atoms with Gasteiger partial charge in [0.25, 0.3) is 5.91 Å². The van der Waals surface area contributed by atoms with Gasteiger partial charge in [-0.25, -0.2) is 5.48 Å². The van der Waals surface area contributed by atoms with Crippen molar-refractivity contribution in [2.75, 3.05) is 0 Å². The van der Waals surface area contributed by atoms with Gasteiger partial charge in [0.05, 0.1) is 0 Å². The van der Waals surface area contributed by atoms with Gasteiger partial charge < -0.3 is 0 Å². The Bertz CT molecular complexity index is 878. The first kappa shape index (κ1) is 16.0. The summed E-state index contributed by atoms with van der Waals surface area (Å²) in [7, 11) is 0. The zero-order valence-corrected chi connectivity index (χ0v) is 13.3. The normalized spacial score (nSPS) is 11.0. The van der Waals surface area contributed by atoms with Crippen LogP contribution in [0.1, 0.15) is 16.7 Å². The minimum atomic E-state index is -0.531. The van der Waals surface area contributed by atoms with Crippen LogP contribution in [0.5, 0.6) is 0 Å². The monoisotopic (exact) mass is 317 g/mol. The topological polar surface area (TPSA) is 49.3 Å². The third kappa shape index (κ3) is 3.89. The van der Waals surface area contributed by atoms with Crippen LogP contribution in [0, 0.1) is 0 Å². The summed E-state index contributed by atoms with van der Waals surface area (Å²) in [6, 6.07) is 22.9. The highest BCUT2D eigenvalue weighted by Gasteiger charge is 2.02. The van der Waals surface area contributed by atoms with Gasteiger partial charge in [0.15, 0.2) is 0 Å². The van der Waals surface area contributed by atoms with Crippen molar-refractivity contribution in [1.82, 2.24) is 5.48 Å². The summed E-state index contributed by atoms with van der Waals surface area (Å²) >= 11 is 0. The fourth-order valence-corrected chi connectivity index (χ4v) is 2.85. The maximum atomic E-state index is 11.1. The van der Waals surface area contributed by atoms with Crippen LogP contribution in [-0.4, -0.2) is 11.1 Å². The third-order valence-corrected chi connectivity index (χ3v) is 4.05. The quantitative estimate of drug-likeness (QED) is 0.422. The average molecular weight is 317 g/mol. The van der Waals surface area contributed by atoms with Crippen molar-refractivity contribution in [1.29, 1.82) is 0 Å². The molecule has 24 heavy (non-hydrogen) atoms. The van der Waals surface area contributed by atoms with Gasteiger partial charge in [-0.1, -0.05) is 66.7 Å². The first-order valence-electron chi connectivity index (χ1n) is 7.94. The fraction of sp³-hybridized carbons (Fsp3) is 0.0952. The van der Waals surface area contributed by atoms with E-state index >= 15 is 0 Å². The van der Waals surface area contributed by atoms with Crippen molar-refractivity contribution < 1.29 is 10.0 Å².